The Morgan fingerprint density at radius 2 is 0.533 bits per heavy atom. The summed E-state index contributed by atoms with van der Waals surface area (Å²) in [4.78, 5) is 37.7. The van der Waals surface area contributed by atoms with E-state index in [4.69, 9.17) is 18.9 Å². The van der Waals surface area contributed by atoms with Crippen LogP contribution in [0, 0.1) is 0 Å². The predicted molar refractivity (Wildman–Crippen MR) is 463 cm³/mol. The van der Waals surface area contributed by atoms with Crippen molar-refractivity contribution >= 4 is 17.9 Å². The first kappa shape index (κ1) is 103. The molecule has 0 aromatic rings. The Balaban J connectivity index is 3.89. The largest absolute Gasteiger partial charge is 0.545 e. The highest BCUT2D eigenvalue weighted by Gasteiger charge is 2.22. The fourth-order valence-corrected chi connectivity index (χ4v) is 14.1. The maximum absolute atomic E-state index is 13.0. The lowest BCUT2D eigenvalue weighted by Crippen LogP contribution is -2.44. The van der Waals surface area contributed by atoms with E-state index in [1.807, 2.05) is 21.1 Å². The lowest BCUT2D eigenvalue weighted by molar-refractivity contribution is -0.870. The Morgan fingerprint density at radius 3 is 0.804 bits per heavy atom. The standard InChI is InChI=1S/C98H179NO8/c1-6-8-10-12-14-16-18-20-22-24-26-28-30-32-34-36-38-40-42-44-46-48-50-52-54-56-58-60-62-64-66-68-70-72-74-76-78-80-82-84-86-88-95(100)105-92-94(93-106-98(97(102)103)104-91-90-99(3,4)5)107-96(101)89-87-85-83-81-79-77-75-73-71-69-67-65-63-61-59-57-55-53-51-49-47-45-43-41-39-37-35-33-31-29-27-25-23-21-19-17-15-13-11-9-7-2/h9,11,15,17,21,23-24,26-27,29,33,35,39,41,94,98H,6-8,10,12-14,16,18-20,22,25,28,30-32,34,36-38,40,42-93H2,1-5H3/b11-9-,17-15-,23-21-,26-24-,29-27-,35-33-,41-39-. The lowest BCUT2D eigenvalue weighted by atomic mass is 10.0. The fourth-order valence-electron chi connectivity index (χ4n) is 14.1. The number of carboxylic acids is 1. The van der Waals surface area contributed by atoms with Crippen molar-refractivity contribution in [2.75, 3.05) is 47.5 Å². The topological polar surface area (TPSA) is 111 Å². The molecule has 2 unspecified atom stereocenters. The molecule has 0 rings (SSSR count). The lowest BCUT2D eigenvalue weighted by Gasteiger charge is -2.26. The first-order valence-corrected chi connectivity index (χ1v) is 46.7. The molecule has 0 spiro atoms. The SMILES string of the molecule is CC/C=C\C/C=C\C/C=C\C/C=C\C/C=C\C/C=C\CCCCCCCCCCCCCCCCCCCCCCCCC(=O)OC(COC(=O)CCCCCCCCCCCCCCCCCCCCCCCCCCCCCCC/C=C\CCCCCCCCCC)COC(OCC[N+](C)(C)C)C(=O)[O-]. The Kier molecular flexibility index (Phi) is 85.1. The Hall–Kier alpha value is -3.53. The maximum atomic E-state index is 13.0. The number of hydrogen-bond acceptors (Lipinski definition) is 8. The summed E-state index contributed by atoms with van der Waals surface area (Å²) < 4.78 is 22.9. The van der Waals surface area contributed by atoms with Crippen LogP contribution in [0.4, 0.5) is 0 Å². The Morgan fingerprint density at radius 1 is 0.290 bits per heavy atom. The second-order valence-corrected chi connectivity index (χ2v) is 32.9. The quantitative estimate of drug-likeness (QED) is 0.0195. The molecule has 0 aliphatic carbocycles. The van der Waals surface area contributed by atoms with Crippen LogP contribution in [0.2, 0.25) is 0 Å². The number of unbranched alkanes of at least 4 members (excludes halogenated alkanes) is 59. The van der Waals surface area contributed by atoms with Gasteiger partial charge in [-0.1, -0.05) is 446 Å². The van der Waals surface area contributed by atoms with Crippen LogP contribution in [0.5, 0.6) is 0 Å². The van der Waals surface area contributed by atoms with Gasteiger partial charge in [-0.15, -0.1) is 0 Å². The van der Waals surface area contributed by atoms with Gasteiger partial charge in [-0.2, -0.15) is 0 Å². The van der Waals surface area contributed by atoms with E-state index in [9.17, 15) is 19.5 Å². The highest BCUT2D eigenvalue weighted by Crippen LogP contribution is 2.21. The second kappa shape index (κ2) is 88.0. The first-order chi connectivity index (χ1) is 52.6. The molecule has 107 heavy (non-hydrogen) atoms. The summed E-state index contributed by atoms with van der Waals surface area (Å²) in [5.41, 5.74) is 0. The predicted octanol–water partition coefficient (Wildman–Crippen LogP) is 29.5. The number of nitrogens with zero attached hydrogens (tertiary/aromatic N) is 1. The minimum atomic E-state index is -1.62. The van der Waals surface area contributed by atoms with Crippen LogP contribution < -0.4 is 5.11 Å². The molecule has 0 saturated carbocycles. The third kappa shape index (κ3) is 89.6. The van der Waals surface area contributed by atoms with Crippen LogP contribution in [0.25, 0.3) is 0 Å². The fraction of sp³-hybridized carbons (Fsp3) is 0.827. The van der Waals surface area contributed by atoms with Gasteiger partial charge in [-0.3, -0.25) is 9.59 Å². The van der Waals surface area contributed by atoms with E-state index in [1.165, 1.54) is 360 Å². The molecule has 0 aliphatic rings. The van der Waals surface area contributed by atoms with Crippen LogP contribution >= 0.6 is 0 Å². The molecule has 0 radical (unpaired) electrons. The van der Waals surface area contributed by atoms with E-state index in [1.54, 1.807) is 0 Å². The van der Waals surface area contributed by atoms with Crippen LogP contribution in [0.1, 0.15) is 463 Å². The third-order valence-electron chi connectivity index (χ3n) is 21.1. The van der Waals surface area contributed by atoms with Gasteiger partial charge in [0.25, 0.3) is 0 Å². The summed E-state index contributed by atoms with van der Waals surface area (Å²) in [6.07, 6.45) is 119. The molecular formula is C98H179NO8. The number of likely N-dealkylation sites (N-methyl/N-ethyl adjacent to an activating group) is 1. The average molecular weight is 1500 g/mol. The average Bonchev–Trinajstić information content (AvgIpc) is 0.965. The highest BCUT2D eigenvalue weighted by atomic mass is 16.7. The number of ether oxygens (including phenoxy) is 4. The van der Waals surface area contributed by atoms with Gasteiger partial charge < -0.3 is 33.3 Å². The first-order valence-electron chi connectivity index (χ1n) is 46.7. The normalized spacial score (nSPS) is 12.9. The molecule has 0 aromatic carbocycles. The molecule has 9 heteroatoms. The van der Waals surface area contributed by atoms with Gasteiger partial charge in [0.1, 0.15) is 13.2 Å². The van der Waals surface area contributed by atoms with Crippen molar-refractivity contribution in [1.82, 2.24) is 0 Å². The minimum Gasteiger partial charge on any atom is -0.545 e. The van der Waals surface area contributed by atoms with E-state index >= 15 is 0 Å². The monoisotopic (exact) mass is 1500 g/mol. The molecule has 9 nitrogen and oxygen atoms in total. The van der Waals surface area contributed by atoms with Gasteiger partial charge in [0, 0.05) is 12.8 Å². The van der Waals surface area contributed by atoms with Crippen molar-refractivity contribution in [2.45, 2.75) is 476 Å². The summed E-state index contributed by atoms with van der Waals surface area (Å²) in [6.45, 7) is 4.71. The van der Waals surface area contributed by atoms with Crippen molar-refractivity contribution in [1.29, 1.82) is 0 Å². The number of carboxylic acid groups (broad SMARTS) is 1. The van der Waals surface area contributed by atoms with E-state index in [2.05, 4.69) is 98.9 Å². The van der Waals surface area contributed by atoms with Crippen molar-refractivity contribution in [3.05, 3.63) is 85.1 Å². The number of aliphatic carboxylic acids is 1. The molecule has 0 saturated heterocycles. The van der Waals surface area contributed by atoms with Crippen LogP contribution in [-0.2, 0) is 33.3 Å². The third-order valence-corrected chi connectivity index (χ3v) is 21.1. The summed E-state index contributed by atoms with van der Waals surface area (Å²) in [5.74, 6) is -2.25. The Labute approximate surface area is 665 Å². The molecule has 0 heterocycles. The number of allylic oxidation sites excluding steroid dienone is 14. The molecule has 0 fully saturated rings. The van der Waals surface area contributed by atoms with Gasteiger partial charge in [0.2, 0.25) is 0 Å². The summed E-state index contributed by atoms with van der Waals surface area (Å²) in [6, 6.07) is 0. The Bertz CT molecular complexity index is 2050. The summed E-state index contributed by atoms with van der Waals surface area (Å²) in [7, 11) is 5.96. The van der Waals surface area contributed by atoms with E-state index < -0.39 is 24.3 Å². The summed E-state index contributed by atoms with van der Waals surface area (Å²) >= 11 is 0. The van der Waals surface area contributed by atoms with E-state index in [-0.39, 0.29) is 32.2 Å². The number of hydrogen-bond donors (Lipinski definition) is 0. The van der Waals surface area contributed by atoms with Crippen molar-refractivity contribution in [2.24, 2.45) is 0 Å². The maximum Gasteiger partial charge on any atom is 0.306 e. The number of rotatable bonds is 88. The minimum absolute atomic E-state index is 0.150. The summed E-state index contributed by atoms with van der Waals surface area (Å²) in [5, 5.41) is 11.9. The number of carbonyl (C=O) groups excluding carboxylic acids is 3. The smallest absolute Gasteiger partial charge is 0.306 e. The van der Waals surface area contributed by atoms with Gasteiger partial charge >= 0.3 is 11.9 Å². The van der Waals surface area contributed by atoms with Gasteiger partial charge in [-0.05, 0) is 89.9 Å². The van der Waals surface area contributed by atoms with Crippen LogP contribution in [0.15, 0.2) is 85.1 Å². The van der Waals surface area contributed by atoms with Crippen LogP contribution in [0.3, 0.4) is 0 Å². The van der Waals surface area contributed by atoms with Crippen LogP contribution in [-0.4, -0.2) is 82.3 Å². The number of carbonyl (C=O) groups is 3. The van der Waals surface area contributed by atoms with Gasteiger partial charge in [-0.25, -0.2) is 0 Å². The second-order valence-electron chi connectivity index (χ2n) is 32.9. The molecule has 0 amide bonds. The molecule has 624 valence electrons. The van der Waals surface area contributed by atoms with Gasteiger partial charge in [0.05, 0.1) is 40.3 Å². The highest BCUT2D eigenvalue weighted by molar-refractivity contribution is 5.70. The van der Waals surface area contributed by atoms with Gasteiger partial charge in [0.15, 0.2) is 12.4 Å². The van der Waals surface area contributed by atoms with Crippen molar-refractivity contribution in [3.63, 3.8) is 0 Å². The zero-order valence-corrected chi connectivity index (χ0v) is 71.8. The molecule has 0 N–H and O–H groups in total. The molecule has 0 aromatic heterocycles. The van der Waals surface area contributed by atoms with Crippen molar-refractivity contribution < 1.29 is 42.9 Å². The zero-order chi connectivity index (χ0) is 77.4. The zero-order valence-electron chi connectivity index (χ0n) is 71.8. The number of quaternary nitrogens is 1. The molecule has 2 atom stereocenters. The van der Waals surface area contributed by atoms with E-state index in [0.717, 1.165) is 70.6 Å². The van der Waals surface area contributed by atoms with Crippen molar-refractivity contribution in [3.8, 4) is 0 Å². The van der Waals surface area contributed by atoms with E-state index in [0.29, 0.717) is 23.9 Å². The number of esters is 2. The molecule has 0 bridgehead atoms. The molecule has 0 aliphatic heterocycles. The molecular weight excluding hydrogens is 1320 g/mol.